The lowest BCUT2D eigenvalue weighted by atomic mass is 9.96. The summed E-state index contributed by atoms with van der Waals surface area (Å²) in [6, 6.07) is 5.74. The number of nitrogens with one attached hydrogen (secondary N) is 1. The zero-order valence-electron chi connectivity index (χ0n) is 19.2. The molecule has 32 heavy (non-hydrogen) atoms. The van der Waals surface area contributed by atoms with Crippen molar-refractivity contribution in [1.82, 2.24) is 19.8 Å². The average Bonchev–Trinajstić information content (AvgIpc) is 3.22. The Hall–Kier alpha value is -3.48. The number of rotatable bonds is 7. The van der Waals surface area contributed by atoms with Gasteiger partial charge in [0.25, 0.3) is 5.56 Å². The minimum absolute atomic E-state index is 0.00608. The van der Waals surface area contributed by atoms with Crippen molar-refractivity contribution in [2.75, 3.05) is 0 Å². The van der Waals surface area contributed by atoms with Crippen LogP contribution in [0.3, 0.4) is 0 Å². The topological polar surface area (TPSA) is 93.3 Å². The minimum Gasteiger partial charge on any atom is -0.361 e. The van der Waals surface area contributed by atoms with Crippen LogP contribution >= 0.6 is 0 Å². The van der Waals surface area contributed by atoms with Gasteiger partial charge in [-0.05, 0) is 69.9 Å². The number of hydrogen-bond acceptors (Lipinski definition) is 5. The highest BCUT2D eigenvalue weighted by Gasteiger charge is 2.26. The van der Waals surface area contributed by atoms with Crippen molar-refractivity contribution in [2.24, 2.45) is 0 Å². The van der Waals surface area contributed by atoms with Gasteiger partial charge in [0.1, 0.15) is 5.76 Å². The smallest absolute Gasteiger partial charge is 0.251 e. The molecule has 0 spiro atoms. The molecule has 0 fully saturated rings. The summed E-state index contributed by atoms with van der Waals surface area (Å²) in [7, 11) is 0. The normalized spacial score (nSPS) is 11.4. The first-order valence-electron chi connectivity index (χ1n) is 11.0. The predicted octanol–water partition coefficient (Wildman–Crippen LogP) is 4.68. The molecule has 0 aromatic carbocycles. The third kappa shape index (κ3) is 3.68. The van der Waals surface area contributed by atoms with Crippen molar-refractivity contribution in [3.63, 3.8) is 0 Å². The first kappa shape index (κ1) is 21.7. The molecule has 166 valence electrons. The molecule has 0 amide bonds. The van der Waals surface area contributed by atoms with Crippen LogP contribution in [0, 0.1) is 27.7 Å². The number of hydrogen-bond donors (Lipinski definition) is 1. The second-order valence-corrected chi connectivity index (χ2v) is 8.33. The molecule has 0 bridgehead atoms. The van der Waals surface area contributed by atoms with E-state index in [1.165, 1.54) is 0 Å². The number of nitrogens with zero attached hydrogens (tertiary/aromatic N) is 3. The van der Waals surface area contributed by atoms with Crippen LogP contribution in [0.5, 0.6) is 0 Å². The van der Waals surface area contributed by atoms with E-state index in [9.17, 15) is 9.59 Å². The van der Waals surface area contributed by atoms with Gasteiger partial charge in [-0.25, -0.2) is 4.52 Å². The molecule has 0 radical (unpaired) electrons. The lowest BCUT2D eigenvalue weighted by molar-refractivity contribution is 0.0984. The standard InChI is InChI=1S/C25H28N4O3/c1-6-8-18-13-14(2)27-25(31)19(18)10-11-21(30)22-15(3)24(23-16(4)28-32-17(23)5)29-20(22)9-7-12-26-29/h7,9,12-13H,6,8,10-11H2,1-5H3,(H,27,31). The lowest BCUT2D eigenvalue weighted by Crippen LogP contribution is -2.18. The van der Waals surface area contributed by atoms with Gasteiger partial charge in [0.2, 0.25) is 0 Å². The van der Waals surface area contributed by atoms with Crippen LogP contribution in [-0.4, -0.2) is 25.5 Å². The van der Waals surface area contributed by atoms with Crippen LogP contribution in [-0.2, 0) is 12.8 Å². The van der Waals surface area contributed by atoms with Crippen LogP contribution in [0.1, 0.15) is 64.0 Å². The molecule has 1 N–H and O–H groups in total. The van der Waals surface area contributed by atoms with Crippen molar-refractivity contribution in [3.05, 3.63) is 74.2 Å². The fourth-order valence-corrected chi connectivity index (χ4v) is 4.59. The van der Waals surface area contributed by atoms with Gasteiger partial charge in [-0.2, -0.15) is 5.10 Å². The number of aromatic nitrogens is 4. The van der Waals surface area contributed by atoms with Gasteiger partial charge < -0.3 is 9.51 Å². The zero-order valence-corrected chi connectivity index (χ0v) is 19.2. The van der Waals surface area contributed by atoms with E-state index in [1.807, 2.05) is 45.9 Å². The summed E-state index contributed by atoms with van der Waals surface area (Å²) < 4.78 is 7.16. The van der Waals surface area contributed by atoms with Gasteiger partial charge in [0, 0.05) is 29.4 Å². The van der Waals surface area contributed by atoms with E-state index in [-0.39, 0.29) is 17.8 Å². The molecular weight excluding hydrogens is 404 g/mol. The third-order valence-corrected chi connectivity index (χ3v) is 5.98. The number of ketones is 1. The van der Waals surface area contributed by atoms with Crippen LogP contribution in [0.4, 0.5) is 0 Å². The quantitative estimate of drug-likeness (QED) is 0.428. The highest BCUT2D eigenvalue weighted by molar-refractivity contribution is 6.06. The summed E-state index contributed by atoms with van der Waals surface area (Å²) in [6.45, 7) is 9.65. The van der Waals surface area contributed by atoms with E-state index >= 15 is 0 Å². The maximum atomic E-state index is 13.5. The fraction of sp³-hybridized carbons (Fsp3) is 0.360. The van der Waals surface area contributed by atoms with Crippen LogP contribution in [0.2, 0.25) is 0 Å². The van der Waals surface area contributed by atoms with Crippen molar-refractivity contribution in [2.45, 2.75) is 60.3 Å². The summed E-state index contributed by atoms with van der Waals surface area (Å²) >= 11 is 0. The average molecular weight is 433 g/mol. The maximum absolute atomic E-state index is 13.5. The molecule has 4 aromatic heterocycles. The highest BCUT2D eigenvalue weighted by atomic mass is 16.5. The molecule has 7 nitrogen and oxygen atoms in total. The number of Topliss-reactive ketones (excluding diaryl/α,β-unsaturated/α-hetero) is 1. The number of pyridine rings is 1. The van der Waals surface area contributed by atoms with Crippen molar-refractivity contribution >= 4 is 11.3 Å². The first-order valence-corrected chi connectivity index (χ1v) is 11.0. The van der Waals surface area contributed by atoms with Gasteiger partial charge in [0.15, 0.2) is 5.78 Å². The molecule has 4 heterocycles. The van der Waals surface area contributed by atoms with Gasteiger partial charge in [-0.3, -0.25) is 9.59 Å². The molecule has 0 saturated carbocycles. The molecule has 0 saturated heterocycles. The number of carbonyl (C=O) groups excluding carboxylic acids is 1. The number of fused-ring (bicyclic) bond motifs is 1. The largest absolute Gasteiger partial charge is 0.361 e. The molecule has 0 aliphatic carbocycles. The van der Waals surface area contributed by atoms with Crippen molar-refractivity contribution in [1.29, 1.82) is 0 Å². The number of aromatic amines is 1. The van der Waals surface area contributed by atoms with E-state index in [1.54, 1.807) is 10.7 Å². The Balaban J connectivity index is 1.75. The molecule has 0 unspecified atom stereocenters. The SMILES string of the molecule is CCCc1cc(C)[nH]c(=O)c1CCC(=O)c1c(C)c(-c2c(C)noc2C)n2ncccc12. The Morgan fingerprint density at radius 1 is 1.19 bits per heavy atom. The summed E-state index contributed by atoms with van der Waals surface area (Å²) in [5.41, 5.74) is 7.13. The van der Waals surface area contributed by atoms with E-state index in [0.29, 0.717) is 23.3 Å². The Morgan fingerprint density at radius 2 is 1.97 bits per heavy atom. The Morgan fingerprint density at radius 3 is 2.66 bits per heavy atom. The van der Waals surface area contributed by atoms with Crippen LogP contribution in [0.15, 0.2) is 33.7 Å². The minimum atomic E-state index is -0.0993. The molecule has 7 heteroatoms. The first-order chi connectivity index (χ1) is 15.3. The molecule has 0 atom stereocenters. The molecular formula is C25H28N4O3. The second-order valence-electron chi connectivity index (χ2n) is 8.33. The lowest BCUT2D eigenvalue weighted by Gasteiger charge is -2.09. The van der Waals surface area contributed by atoms with Gasteiger partial charge >= 0.3 is 0 Å². The number of H-pyrrole nitrogens is 1. The molecule has 0 aliphatic rings. The van der Waals surface area contributed by atoms with Gasteiger partial charge in [-0.1, -0.05) is 18.5 Å². The predicted molar refractivity (Wildman–Crippen MR) is 123 cm³/mol. The Bertz CT molecular complexity index is 1350. The molecule has 4 rings (SSSR count). The molecule has 0 aliphatic heterocycles. The third-order valence-electron chi connectivity index (χ3n) is 5.98. The van der Waals surface area contributed by atoms with Gasteiger partial charge in [0.05, 0.1) is 22.5 Å². The maximum Gasteiger partial charge on any atom is 0.251 e. The second kappa shape index (κ2) is 8.57. The highest BCUT2D eigenvalue weighted by Crippen LogP contribution is 2.35. The van der Waals surface area contributed by atoms with E-state index < -0.39 is 0 Å². The monoisotopic (exact) mass is 432 g/mol. The summed E-state index contributed by atoms with van der Waals surface area (Å²) in [4.78, 5) is 28.9. The Labute approximate surface area is 186 Å². The molecule has 4 aromatic rings. The van der Waals surface area contributed by atoms with Crippen molar-refractivity contribution in [3.8, 4) is 11.3 Å². The van der Waals surface area contributed by atoms with Gasteiger partial charge in [-0.15, -0.1) is 0 Å². The van der Waals surface area contributed by atoms with E-state index in [4.69, 9.17) is 4.52 Å². The van der Waals surface area contributed by atoms with E-state index in [2.05, 4.69) is 22.2 Å². The summed E-state index contributed by atoms with van der Waals surface area (Å²) in [5.74, 6) is 0.679. The Kier molecular flexibility index (Phi) is 5.82. The van der Waals surface area contributed by atoms with E-state index in [0.717, 1.165) is 52.1 Å². The van der Waals surface area contributed by atoms with Crippen LogP contribution < -0.4 is 5.56 Å². The zero-order chi connectivity index (χ0) is 23.0. The fourth-order valence-electron chi connectivity index (χ4n) is 4.59. The summed E-state index contributed by atoms with van der Waals surface area (Å²) in [6.07, 6.45) is 4.12. The number of carbonyl (C=O) groups is 1. The van der Waals surface area contributed by atoms with Crippen LogP contribution in [0.25, 0.3) is 16.8 Å². The van der Waals surface area contributed by atoms with Crippen molar-refractivity contribution < 1.29 is 9.32 Å². The number of aryl methyl sites for hydroxylation is 4. The summed E-state index contributed by atoms with van der Waals surface area (Å²) in [5, 5.41) is 8.58.